The Balaban J connectivity index is 2.04. The number of nitrogens with zero attached hydrogens (tertiary/aromatic N) is 2. The maximum absolute atomic E-state index is 4.97. The molecule has 0 saturated heterocycles. The monoisotopic (exact) mass is 283 g/mol. The second-order valence-electron chi connectivity index (χ2n) is 5.97. The van der Waals surface area contributed by atoms with Gasteiger partial charge in [-0.2, -0.15) is 0 Å². The second-order valence-corrected chi connectivity index (χ2v) is 5.97. The predicted molar refractivity (Wildman–Crippen MR) is 89.8 cm³/mol. The van der Waals surface area contributed by atoms with Crippen LogP contribution in [0, 0.1) is 0 Å². The molecule has 1 heterocycles. The van der Waals surface area contributed by atoms with Gasteiger partial charge < -0.3 is 10.2 Å². The number of unbranched alkanes of at least 4 members (excludes halogenated alkanes) is 1. The van der Waals surface area contributed by atoms with Gasteiger partial charge in [-0.25, -0.2) is 4.98 Å². The van der Waals surface area contributed by atoms with Crippen molar-refractivity contribution in [3.63, 3.8) is 0 Å². The van der Waals surface area contributed by atoms with Gasteiger partial charge in [0.05, 0.1) is 5.69 Å². The Morgan fingerprint density at radius 1 is 1.29 bits per heavy atom. The lowest BCUT2D eigenvalue weighted by molar-refractivity contribution is 0.702. The van der Waals surface area contributed by atoms with Crippen LogP contribution < -0.4 is 10.2 Å². The van der Waals surface area contributed by atoms with E-state index in [9.17, 15) is 0 Å². The quantitative estimate of drug-likeness (QED) is 0.839. The summed E-state index contributed by atoms with van der Waals surface area (Å²) in [6.07, 6.45) is 5.10. The first-order valence-corrected chi connectivity index (χ1v) is 8.13. The van der Waals surface area contributed by atoms with Crippen LogP contribution in [0.2, 0.25) is 0 Å². The SMILES string of the molecule is CCCCN(c1nc(CNC)cc2ccccc12)C1CC1. The average molecular weight is 283 g/mol. The molecule has 3 rings (SSSR count). The van der Waals surface area contributed by atoms with Crippen LogP contribution in [0.5, 0.6) is 0 Å². The van der Waals surface area contributed by atoms with Crippen LogP contribution in [-0.2, 0) is 6.54 Å². The van der Waals surface area contributed by atoms with Crippen molar-refractivity contribution in [2.45, 2.75) is 45.2 Å². The largest absolute Gasteiger partial charge is 0.353 e. The molecule has 0 spiro atoms. The Morgan fingerprint density at radius 3 is 2.81 bits per heavy atom. The van der Waals surface area contributed by atoms with E-state index in [4.69, 9.17) is 4.98 Å². The van der Waals surface area contributed by atoms with E-state index in [2.05, 4.69) is 47.5 Å². The Morgan fingerprint density at radius 2 is 2.10 bits per heavy atom. The van der Waals surface area contributed by atoms with E-state index in [0.29, 0.717) is 6.04 Å². The van der Waals surface area contributed by atoms with Gasteiger partial charge in [-0.1, -0.05) is 37.6 Å². The minimum absolute atomic E-state index is 0.706. The predicted octanol–water partition coefficient (Wildman–Crippen LogP) is 3.72. The zero-order valence-electron chi connectivity index (χ0n) is 13.1. The molecule has 3 heteroatoms. The summed E-state index contributed by atoms with van der Waals surface area (Å²) in [6.45, 7) is 4.21. The van der Waals surface area contributed by atoms with E-state index in [0.717, 1.165) is 18.8 Å². The third-order valence-corrected chi connectivity index (χ3v) is 4.14. The van der Waals surface area contributed by atoms with E-state index in [1.807, 2.05) is 7.05 Å². The van der Waals surface area contributed by atoms with Gasteiger partial charge in [0.2, 0.25) is 0 Å². The lowest BCUT2D eigenvalue weighted by Gasteiger charge is -2.25. The summed E-state index contributed by atoms with van der Waals surface area (Å²) in [4.78, 5) is 7.52. The molecule has 2 aromatic rings. The van der Waals surface area contributed by atoms with Crippen LogP contribution in [0.25, 0.3) is 10.8 Å². The molecule has 1 saturated carbocycles. The highest BCUT2D eigenvalue weighted by molar-refractivity contribution is 5.92. The molecule has 1 aliphatic carbocycles. The van der Waals surface area contributed by atoms with Crippen molar-refractivity contribution in [1.29, 1.82) is 0 Å². The van der Waals surface area contributed by atoms with Gasteiger partial charge in [-0.15, -0.1) is 0 Å². The van der Waals surface area contributed by atoms with Crippen molar-refractivity contribution in [2.24, 2.45) is 0 Å². The van der Waals surface area contributed by atoms with Crippen LogP contribution in [0.1, 0.15) is 38.3 Å². The molecular weight excluding hydrogens is 258 g/mol. The van der Waals surface area contributed by atoms with Crippen molar-refractivity contribution in [1.82, 2.24) is 10.3 Å². The number of nitrogens with one attached hydrogen (secondary N) is 1. The lowest BCUT2D eigenvalue weighted by atomic mass is 10.1. The minimum atomic E-state index is 0.706. The van der Waals surface area contributed by atoms with Gasteiger partial charge in [-0.05, 0) is 37.8 Å². The Hall–Kier alpha value is -1.61. The summed E-state index contributed by atoms with van der Waals surface area (Å²) in [7, 11) is 1.98. The van der Waals surface area contributed by atoms with Crippen LogP contribution in [0.3, 0.4) is 0 Å². The first kappa shape index (κ1) is 14.3. The molecule has 112 valence electrons. The number of hydrogen-bond acceptors (Lipinski definition) is 3. The third kappa shape index (κ3) is 3.18. The molecule has 1 N–H and O–H groups in total. The molecule has 21 heavy (non-hydrogen) atoms. The van der Waals surface area contributed by atoms with E-state index < -0.39 is 0 Å². The van der Waals surface area contributed by atoms with Crippen LogP contribution in [-0.4, -0.2) is 24.6 Å². The highest BCUT2D eigenvalue weighted by Crippen LogP contribution is 2.35. The van der Waals surface area contributed by atoms with E-state index in [1.54, 1.807) is 0 Å². The van der Waals surface area contributed by atoms with Crippen molar-refractivity contribution in [3.05, 3.63) is 36.0 Å². The smallest absolute Gasteiger partial charge is 0.137 e. The molecule has 1 aromatic carbocycles. The summed E-state index contributed by atoms with van der Waals surface area (Å²) in [6, 6.07) is 11.6. The highest BCUT2D eigenvalue weighted by Gasteiger charge is 2.30. The topological polar surface area (TPSA) is 28.2 Å². The standard InChI is InChI=1S/C18H25N3/c1-3-4-11-21(16-9-10-16)18-17-8-6-5-7-14(17)12-15(20-18)13-19-2/h5-8,12,16,19H,3-4,9-11,13H2,1-2H3. The second kappa shape index (κ2) is 6.44. The molecule has 0 radical (unpaired) electrons. The van der Waals surface area contributed by atoms with Crippen LogP contribution in [0.15, 0.2) is 30.3 Å². The summed E-state index contributed by atoms with van der Waals surface area (Å²) in [5, 5.41) is 5.81. The van der Waals surface area contributed by atoms with Crippen molar-refractivity contribution in [2.75, 3.05) is 18.5 Å². The van der Waals surface area contributed by atoms with Gasteiger partial charge in [0, 0.05) is 24.5 Å². The summed E-state index contributed by atoms with van der Waals surface area (Å²) < 4.78 is 0. The molecule has 1 aromatic heterocycles. The molecule has 0 atom stereocenters. The van der Waals surface area contributed by atoms with E-state index >= 15 is 0 Å². The van der Waals surface area contributed by atoms with E-state index in [1.165, 1.54) is 42.3 Å². The third-order valence-electron chi connectivity index (χ3n) is 4.14. The molecule has 0 unspecified atom stereocenters. The molecule has 3 nitrogen and oxygen atoms in total. The molecule has 1 fully saturated rings. The van der Waals surface area contributed by atoms with E-state index in [-0.39, 0.29) is 0 Å². The maximum Gasteiger partial charge on any atom is 0.137 e. The number of pyridine rings is 1. The average Bonchev–Trinajstić information content (AvgIpc) is 3.33. The number of benzene rings is 1. The number of rotatable bonds is 7. The highest BCUT2D eigenvalue weighted by atomic mass is 15.2. The fraction of sp³-hybridized carbons (Fsp3) is 0.500. The fourth-order valence-corrected chi connectivity index (χ4v) is 2.90. The van der Waals surface area contributed by atoms with Crippen molar-refractivity contribution in [3.8, 4) is 0 Å². The van der Waals surface area contributed by atoms with Gasteiger partial charge in [0.25, 0.3) is 0 Å². The zero-order valence-corrected chi connectivity index (χ0v) is 13.1. The molecular formula is C18H25N3. The fourth-order valence-electron chi connectivity index (χ4n) is 2.90. The maximum atomic E-state index is 4.97. The van der Waals surface area contributed by atoms with Crippen LogP contribution >= 0.6 is 0 Å². The lowest BCUT2D eigenvalue weighted by Crippen LogP contribution is -2.28. The normalized spacial score (nSPS) is 14.6. The number of hydrogen-bond donors (Lipinski definition) is 1. The summed E-state index contributed by atoms with van der Waals surface area (Å²) >= 11 is 0. The van der Waals surface area contributed by atoms with Crippen molar-refractivity contribution < 1.29 is 0 Å². The number of aromatic nitrogens is 1. The minimum Gasteiger partial charge on any atom is -0.353 e. The van der Waals surface area contributed by atoms with Crippen molar-refractivity contribution >= 4 is 16.6 Å². The number of anilines is 1. The van der Waals surface area contributed by atoms with Gasteiger partial charge in [0.1, 0.15) is 5.82 Å². The molecule has 0 aliphatic heterocycles. The molecule has 0 amide bonds. The first-order valence-electron chi connectivity index (χ1n) is 8.13. The summed E-state index contributed by atoms with van der Waals surface area (Å²) in [5.74, 6) is 1.19. The molecule has 0 bridgehead atoms. The van der Waals surface area contributed by atoms with Gasteiger partial charge >= 0.3 is 0 Å². The zero-order chi connectivity index (χ0) is 14.7. The Labute approximate surface area is 127 Å². The summed E-state index contributed by atoms with van der Waals surface area (Å²) in [5.41, 5.74) is 1.13. The Bertz CT molecular complexity index is 604. The first-order chi connectivity index (χ1) is 10.3. The number of fused-ring (bicyclic) bond motifs is 1. The Kier molecular flexibility index (Phi) is 4.39. The van der Waals surface area contributed by atoms with Gasteiger partial charge in [0.15, 0.2) is 0 Å². The van der Waals surface area contributed by atoms with Gasteiger partial charge in [-0.3, -0.25) is 0 Å². The van der Waals surface area contributed by atoms with Crippen LogP contribution in [0.4, 0.5) is 5.82 Å². The molecule has 1 aliphatic rings.